The normalized spacial score (nSPS) is 20.9. The molecule has 3 rings (SSSR count). The van der Waals surface area contributed by atoms with Crippen LogP contribution < -0.4 is 9.75 Å². The first-order valence-electron chi connectivity index (χ1n) is 9.07. The number of carbonyl (C=O) groups excluding carboxylic acids is 2. The summed E-state index contributed by atoms with van der Waals surface area (Å²) in [4.78, 5) is 27.3. The van der Waals surface area contributed by atoms with E-state index in [0.29, 0.717) is 16.3 Å². The smallest absolute Gasteiger partial charge is 0.365 e. The number of hydrogen-bond acceptors (Lipinski definition) is 10. The molecule has 1 aromatic carbocycles. The summed E-state index contributed by atoms with van der Waals surface area (Å²) < 4.78 is 14.8. The van der Waals surface area contributed by atoms with Gasteiger partial charge in [0.05, 0.1) is 26.0 Å². The van der Waals surface area contributed by atoms with Crippen molar-refractivity contribution in [2.75, 3.05) is 32.4 Å². The maximum Gasteiger partial charge on any atom is 0.365 e. The van der Waals surface area contributed by atoms with Gasteiger partial charge in [0.2, 0.25) is 9.37 Å². The second kappa shape index (κ2) is 8.58. The molecule has 2 aliphatic rings. The van der Waals surface area contributed by atoms with E-state index in [2.05, 4.69) is 5.10 Å². The van der Waals surface area contributed by atoms with Gasteiger partial charge in [-0.15, -0.1) is 0 Å². The van der Waals surface area contributed by atoms with Crippen molar-refractivity contribution in [3.05, 3.63) is 34.9 Å². The number of methoxy groups -OCH3 is 1. The monoisotopic (exact) mass is 437 g/mol. The molecule has 1 spiro atoms. The Morgan fingerprint density at radius 3 is 2.48 bits per heavy atom. The van der Waals surface area contributed by atoms with E-state index >= 15 is 0 Å². The average Bonchev–Trinajstić information content (AvgIpc) is 3.22. The molecule has 0 fully saturated rings. The Bertz CT molecular complexity index is 888. The fraction of sp³-hybridized carbons (Fsp3) is 0.421. The molecular formula is C19H23N3O5S2. The lowest BCUT2D eigenvalue weighted by molar-refractivity contribution is -0.137. The fourth-order valence-electron chi connectivity index (χ4n) is 2.88. The number of anilines is 1. The number of hydrazone groups is 1. The maximum atomic E-state index is 12.5. The molecule has 156 valence electrons. The number of esters is 2. The highest BCUT2D eigenvalue weighted by atomic mass is 32.2. The molecule has 1 atom stereocenters. The summed E-state index contributed by atoms with van der Waals surface area (Å²) in [5.41, 5.74) is 1.46. The van der Waals surface area contributed by atoms with Crippen LogP contribution in [0.25, 0.3) is 0 Å². The SMILES string of the molecule is CCOC(=O)C1=NN(c2cccc(OC)c2)[C@]2(S1)SC(C(=O)OCC)=C(C)N2C. The first-order chi connectivity index (χ1) is 13.9. The van der Waals surface area contributed by atoms with Gasteiger partial charge in [0.1, 0.15) is 10.7 Å². The Balaban J connectivity index is 2.04. The van der Waals surface area contributed by atoms with Crippen LogP contribution in [0.5, 0.6) is 5.75 Å². The molecule has 8 nitrogen and oxygen atoms in total. The van der Waals surface area contributed by atoms with E-state index in [1.165, 1.54) is 23.5 Å². The molecule has 10 heteroatoms. The van der Waals surface area contributed by atoms with E-state index in [1.807, 2.05) is 43.1 Å². The Hall–Kier alpha value is -2.33. The molecule has 0 radical (unpaired) electrons. The van der Waals surface area contributed by atoms with Gasteiger partial charge >= 0.3 is 11.9 Å². The number of hydrogen-bond donors (Lipinski definition) is 0. The van der Waals surface area contributed by atoms with Crippen molar-refractivity contribution in [2.45, 2.75) is 25.1 Å². The molecule has 2 heterocycles. The van der Waals surface area contributed by atoms with Crippen LogP contribution in [-0.4, -0.2) is 53.6 Å². The molecular weight excluding hydrogens is 414 g/mol. The van der Waals surface area contributed by atoms with Gasteiger partial charge in [-0.2, -0.15) is 5.10 Å². The Morgan fingerprint density at radius 1 is 1.14 bits per heavy atom. The Kier molecular flexibility index (Phi) is 6.33. The molecule has 0 amide bonds. The highest BCUT2D eigenvalue weighted by molar-refractivity contribution is 8.28. The van der Waals surface area contributed by atoms with Crippen LogP contribution >= 0.6 is 23.5 Å². The quantitative estimate of drug-likeness (QED) is 0.623. The molecule has 29 heavy (non-hydrogen) atoms. The van der Waals surface area contributed by atoms with Crippen LogP contribution in [0.3, 0.4) is 0 Å². The van der Waals surface area contributed by atoms with E-state index in [9.17, 15) is 9.59 Å². The van der Waals surface area contributed by atoms with Crippen LogP contribution in [-0.2, 0) is 19.1 Å². The first kappa shape index (κ1) is 21.4. The van der Waals surface area contributed by atoms with Gasteiger partial charge < -0.3 is 19.1 Å². The summed E-state index contributed by atoms with van der Waals surface area (Å²) in [6.07, 6.45) is 0. The van der Waals surface area contributed by atoms with Crippen LogP contribution in [0.2, 0.25) is 0 Å². The summed E-state index contributed by atoms with van der Waals surface area (Å²) in [5, 5.41) is 6.48. The largest absolute Gasteiger partial charge is 0.497 e. The Labute approximate surface area is 178 Å². The number of nitrogens with zero attached hydrogens (tertiary/aromatic N) is 3. The summed E-state index contributed by atoms with van der Waals surface area (Å²) in [6, 6.07) is 7.37. The van der Waals surface area contributed by atoms with Gasteiger partial charge in [-0.3, -0.25) is 0 Å². The maximum absolute atomic E-state index is 12.5. The third-order valence-electron chi connectivity index (χ3n) is 4.39. The first-order valence-corrected chi connectivity index (χ1v) is 10.7. The standard InChI is InChI=1S/C19H23N3O5S2/c1-6-26-17(23)15-12(3)21(4)19(28-15)22(13-9-8-10-14(11-13)25-5)20-16(29-19)18(24)27-7-2/h8-11H,6-7H2,1-5H3/t19-/m0/s1. The third-order valence-corrected chi connectivity index (χ3v) is 7.42. The molecule has 1 aromatic rings. The molecule has 0 N–H and O–H groups in total. The summed E-state index contributed by atoms with van der Waals surface area (Å²) >= 11 is 2.53. The zero-order valence-corrected chi connectivity index (χ0v) is 18.6. The minimum atomic E-state index is -0.902. The van der Waals surface area contributed by atoms with Gasteiger partial charge in [0.15, 0.2) is 0 Å². The van der Waals surface area contributed by atoms with Gasteiger partial charge in [0, 0.05) is 18.8 Å². The fourth-order valence-corrected chi connectivity index (χ4v) is 5.76. The van der Waals surface area contributed by atoms with Crippen LogP contribution in [0.15, 0.2) is 40.0 Å². The van der Waals surface area contributed by atoms with Gasteiger partial charge in [0.25, 0.3) is 0 Å². The van der Waals surface area contributed by atoms with Crippen molar-refractivity contribution in [2.24, 2.45) is 5.10 Å². The third kappa shape index (κ3) is 3.78. The lowest BCUT2D eigenvalue weighted by Crippen LogP contribution is -2.47. The Morgan fingerprint density at radius 2 is 1.83 bits per heavy atom. The van der Waals surface area contributed by atoms with E-state index in [4.69, 9.17) is 14.2 Å². The lowest BCUT2D eigenvalue weighted by atomic mass is 10.3. The van der Waals surface area contributed by atoms with Crippen molar-refractivity contribution in [3.8, 4) is 5.75 Å². The molecule has 2 aliphatic heterocycles. The van der Waals surface area contributed by atoms with Crippen LogP contribution in [0.1, 0.15) is 20.8 Å². The van der Waals surface area contributed by atoms with Gasteiger partial charge in [-0.25, -0.2) is 14.6 Å². The summed E-state index contributed by atoms with van der Waals surface area (Å²) in [5.74, 6) is -0.239. The number of allylic oxidation sites excluding steroid dienone is 1. The second-order valence-corrected chi connectivity index (χ2v) is 8.69. The zero-order chi connectivity index (χ0) is 21.2. The topological polar surface area (TPSA) is 80.7 Å². The minimum absolute atomic E-state index is 0.215. The van der Waals surface area contributed by atoms with Crippen molar-refractivity contribution >= 4 is 46.2 Å². The van der Waals surface area contributed by atoms with Gasteiger partial charge in [-0.1, -0.05) is 17.8 Å². The van der Waals surface area contributed by atoms with Crippen molar-refractivity contribution in [1.82, 2.24) is 4.90 Å². The predicted octanol–water partition coefficient (Wildman–Crippen LogP) is 3.21. The molecule has 0 saturated heterocycles. The van der Waals surface area contributed by atoms with Crippen LogP contribution in [0, 0.1) is 0 Å². The predicted molar refractivity (Wildman–Crippen MR) is 115 cm³/mol. The molecule has 0 unspecified atom stereocenters. The van der Waals surface area contributed by atoms with Crippen LogP contribution in [0.4, 0.5) is 5.69 Å². The average molecular weight is 438 g/mol. The zero-order valence-electron chi connectivity index (χ0n) is 16.9. The second-order valence-electron chi connectivity index (χ2n) is 6.09. The van der Waals surface area contributed by atoms with E-state index in [-0.39, 0.29) is 18.3 Å². The van der Waals surface area contributed by atoms with Crippen molar-refractivity contribution in [1.29, 1.82) is 0 Å². The van der Waals surface area contributed by atoms with E-state index < -0.39 is 16.3 Å². The number of benzene rings is 1. The highest BCUT2D eigenvalue weighted by Crippen LogP contribution is 2.58. The number of thioether (sulfide) groups is 2. The molecule has 0 saturated carbocycles. The summed E-state index contributed by atoms with van der Waals surface area (Å²) in [7, 11) is 3.44. The number of ether oxygens (including phenoxy) is 3. The highest BCUT2D eigenvalue weighted by Gasteiger charge is 2.56. The van der Waals surface area contributed by atoms with Crippen molar-refractivity contribution < 1.29 is 23.8 Å². The summed E-state index contributed by atoms with van der Waals surface area (Å²) in [6.45, 7) is 5.89. The van der Waals surface area contributed by atoms with E-state index in [0.717, 1.165) is 5.70 Å². The number of rotatable bonds is 6. The number of carbonyl (C=O) groups is 2. The molecule has 0 aliphatic carbocycles. The lowest BCUT2D eigenvalue weighted by Gasteiger charge is -2.39. The van der Waals surface area contributed by atoms with Gasteiger partial charge in [-0.05, 0) is 44.7 Å². The minimum Gasteiger partial charge on any atom is -0.497 e. The van der Waals surface area contributed by atoms with E-state index in [1.54, 1.807) is 26.0 Å². The molecule has 0 aromatic heterocycles. The van der Waals surface area contributed by atoms with Crippen molar-refractivity contribution in [3.63, 3.8) is 0 Å². The molecule has 0 bridgehead atoms.